The molecular weight excluding hydrogens is 472 g/mol. The summed E-state index contributed by atoms with van der Waals surface area (Å²) in [5.74, 6) is 1.53. The summed E-state index contributed by atoms with van der Waals surface area (Å²) in [6, 6.07) is 15.4. The van der Waals surface area contributed by atoms with Gasteiger partial charge in [0.15, 0.2) is 11.5 Å². The minimum absolute atomic E-state index is 0.0234. The van der Waals surface area contributed by atoms with Crippen molar-refractivity contribution in [3.63, 3.8) is 0 Å². The average molecular weight is 507 g/mol. The summed E-state index contributed by atoms with van der Waals surface area (Å²) in [4.78, 5) is 45.0. The summed E-state index contributed by atoms with van der Waals surface area (Å²) in [5, 5.41) is 2.92. The van der Waals surface area contributed by atoms with Crippen molar-refractivity contribution in [2.24, 2.45) is 5.92 Å². The van der Waals surface area contributed by atoms with Crippen LogP contribution in [0.1, 0.15) is 38.7 Å². The number of nitrogens with one attached hydrogen (secondary N) is 1. The van der Waals surface area contributed by atoms with Crippen LogP contribution in [0.3, 0.4) is 0 Å². The third-order valence-corrected chi connectivity index (χ3v) is 7.37. The van der Waals surface area contributed by atoms with Crippen molar-refractivity contribution in [1.82, 2.24) is 15.1 Å². The fourth-order valence-electron chi connectivity index (χ4n) is 5.41. The van der Waals surface area contributed by atoms with Crippen LogP contribution in [-0.2, 0) is 20.9 Å². The topological polar surface area (TPSA) is 91.4 Å². The second-order valence-corrected chi connectivity index (χ2v) is 10.4. The second-order valence-electron chi connectivity index (χ2n) is 10.4. The molecule has 3 heterocycles. The summed E-state index contributed by atoms with van der Waals surface area (Å²) in [5.41, 5.74) is 1.08. The molecule has 1 N–H and O–H groups in total. The SMILES string of the molecule is CC(C)CC(=O)N1CCC2(CC1)C(=O)N(CC(=O)NCc1ccc3c(c1)OCO3)CN2c1ccccc1. The van der Waals surface area contributed by atoms with Gasteiger partial charge in [-0.25, -0.2) is 0 Å². The third kappa shape index (κ3) is 5.08. The van der Waals surface area contributed by atoms with Crippen LogP contribution < -0.4 is 19.7 Å². The van der Waals surface area contributed by atoms with Gasteiger partial charge in [0, 0.05) is 31.7 Å². The molecule has 1 spiro atoms. The molecule has 9 heteroatoms. The van der Waals surface area contributed by atoms with Gasteiger partial charge < -0.3 is 29.5 Å². The molecule has 2 aromatic carbocycles. The quantitative estimate of drug-likeness (QED) is 0.621. The van der Waals surface area contributed by atoms with E-state index in [4.69, 9.17) is 9.47 Å². The van der Waals surface area contributed by atoms with E-state index in [2.05, 4.69) is 10.2 Å². The van der Waals surface area contributed by atoms with E-state index < -0.39 is 5.54 Å². The van der Waals surface area contributed by atoms with E-state index in [1.807, 2.05) is 67.3 Å². The molecule has 9 nitrogen and oxygen atoms in total. The number of para-hydroxylation sites is 1. The third-order valence-electron chi connectivity index (χ3n) is 7.37. The molecule has 0 saturated carbocycles. The Morgan fingerprint density at radius 1 is 1.03 bits per heavy atom. The molecule has 0 aliphatic carbocycles. The summed E-state index contributed by atoms with van der Waals surface area (Å²) in [6.45, 7) is 5.98. The molecular formula is C28H34N4O5. The van der Waals surface area contributed by atoms with E-state index in [0.29, 0.717) is 63.0 Å². The molecule has 2 saturated heterocycles. The first-order chi connectivity index (χ1) is 17.9. The molecule has 0 radical (unpaired) electrons. The number of amides is 3. The van der Waals surface area contributed by atoms with Gasteiger partial charge in [-0.15, -0.1) is 0 Å². The van der Waals surface area contributed by atoms with Crippen LogP contribution in [0.2, 0.25) is 0 Å². The molecule has 2 aromatic rings. The Balaban J connectivity index is 1.26. The Morgan fingerprint density at radius 2 is 1.76 bits per heavy atom. The summed E-state index contributed by atoms with van der Waals surface area (Å²) < 4.78 is 10.7. The average Bonchev–Trinajstić information content (AvgIpc) is 3.46. The monoisotopic (exact) mass is 506 g/mol. The first-order valence-electron chi connectivity index (χ1n) is 12.9. The van der Waals surface area contributed by atoms with Crippen LogP contribution in [0.15, 0.2) is 48.5 Å². The van der Waals surface area contributed by atoms with Crippen molar-refractivity contribution in [1.29, 1.82) is 0 Å². The standard InChI is InChI=1S/C28H34N4O5/c1-20(2)14-26(34)30-12-10-28(11-13-30)27(35)31(18-32(28)22-6-4-3-5-7-22)17-25(33)29-16-21-8-9-23-24(15-21)37-19-36-23/h3-9,15,20H,10-14,16-19H2,1-2H3,(H,29,33). The van der Waals surface area contributed by atoms with Gasteiger partial charge in [0.25, 0.3) is 5.91 Å². The molecule has 3 amide bonds. The van der Waals surface area contributed by atoms with Crippen LogP contribution in [0.5, 0.6) is 11.5 Å². The van der Waals surface area contributed by atoms with Gasteiger partial charge in [-0.05, 0) is 48.6 Å². The molecule has 37 heavy (non-hydrogen) atoms. The number of likely N-dealkylation sites (tertiary alicyclic amines) is 1. The summed E-state index contributed by atoms with van der Waals surface area (Å²) in [6.07, 6.45) is 1.60. The number of hydrogen-bond acceptors (Lipinski definition) is 6. The van der Waals surface area contributed by atoms with Crippen LogP contribution in [0.4, 0.5) is 5.69 Å². The van der Waals surface area contributed by atoms with E-state index in [1.54, 1.807) is 4.90 Å². The fourth-order valence-corrected chi connectivity index (χ4v) is 5.41. The number of hydrogen-bond donors (Lipinski definition) is 1. The van der Waals surface area contributed by atoms with Crippen LogP contribution in [0.25, 0.3) is 0 Å². The number of carbonyl (C=O) groups excluding carboxylic acids is 3. The van der Waals surface area contributed by atoms with Crippen molar-refractivity contribution in [2.75, 3.05) is 38.0 Å². The van der Waals surface area contributed by atoms with E-state index in [9.17, 15) is 14.4 Å². The Hall–Kier alpha value is -3.75. The van der Waals surface area contributed by atoms with Crippen LogP contribution in [-0.4, -0.2) is 66.2 Å². The lowest BCUT2D eigenvalue weighted by atomic mass is 9.85. The van der Waals surface area contributed by atoms with Gasteiger partial charge in [-0.1, -0.05) is 38.1 Å². The van der Waals surface area contributed by atoms with Gasteiger partial charge in [0.1, 0.15) is 12.1 Å². The number of benzene rings is 2. The molecule has 0 aromatic heterocycles. The zero-order valence-electron chi connectivity index (χ0n) is 21.4. The van der Waals surface area contributed by atoms with Gasteiger partial charge in [0.2, 0.25) is 18.6 Å². The minimum Gasteiger partial charge on any atom is -0.454 e. The zero-order chi connectivity index (χ0) is 26.0. The maximum atomic E-state index is 13.8. The lowest BCUT2D eigenvalue weighted by Gasteiger charge is -2.43. The number of piperidine rings is 1. The number of fused-ring (bicyclic) bond motifs is 1. The molecule has 0 unspecified atom stereocenters. The van der Waals surface area contributed by atoms with Crippen molar-refractivity contribution in [3.05, 3.63) is 54.1 Å². The summed E-state index contributed by atoms with van der Waals surface area (Å²) >= 11 is 0. The lowest BCUT2D eigenvalue weighted by Crippen LogP contribution is -2.57. The van der Waals surface area contributed by atoms with E-state index in [-0.39, 0.29) is 31.1 Å². The second kappa shape index (κ2) is 10.3. The number of carbonyl (C=O) groups is 3. The van der Waals surface area contributed by atoms with E-state index >= 15 is 0 Å². The Kier molecular flexibility index (Phi) is 6.95. The van der Waals surface area contributed by atoms with E-state index in [1.165, 1.54) is 0 Å². The molecule has 5 rings (SSSR count). The van der Waals surface area contributed by atoms with Gasteiger partial charge in [0.05, 0.1) is 6.67 Å². The highest BCUT2D eigenvalue weighted by Gasteiger charge is 2.54. The highest BCUT2D eigenvalue weighted by atomic mass is 16.7. The smallest absolute Gasteiger partial charge is 0.250 e. The van der Waals surface area contributed by atoms with Crippen molar-refractivity contribution >= 4 is 23.4 Å². The maximum absolute atomic E-state index is 13.8. The first kappa shape index (κ1) is 24.9. The maximum Gasteiger partial charge on any atom is 0.250 e. The van der Waals surface area contributed by atoms with Crippen LogP contribution in [0, 0.1) is 5.92 Å². The molecule has 196 valence electrons. The Labute approximate surface area is 217 Å². The zero-order valence-corrected chi connectivity index (χ0v) is 21.4. The number of anilines is 1. The van der Waals surface area contributed by atoms with Crippen LogP contribution >= 0.6 is 0 Å². The van der Waals surface area contributed by atoms with Crippen molar-refractivity contribution < 1.29 is 23.9 Å². The predicted molar refractivity (Wildman–Crippen MR) is 138 cm³/mol. The van der Waals surface area contributed by atoms with Gasteiger partial charge >= 0.3 is 0 Å². The van der Waals surface area contributed by atoms with Crippen molar-refractivity contribution in [2.45, 2.75) is 45.2 Å². The highest BCUT2D eigenvalue weighted by molar-refractivity contribution is 5.96. The predicted octanol–water partition coefficient (Wildman–Crippen LogP) is 2.75. The Morgan fingerprint density at radius 3 is 2.49 bits per heavy atom. The molecule has 0 atom stereocenters. The number of ether oxygens (including phenoxy) is 2. The van der Waals surface area contributed by atoms with Crippen molar-refractivity contribution in [3.8, 4) is 11.5 Å². The number of nitrogens with zero attached hydrogens (tertiary/aromatic N) is 3. The summed E-state index contributed by atoms with van der Waals surface area (Å²) in [7, 11) is 0. The van der Waals surface area contributed by atoms with Gasteiger partial charge in [-0.2, -0.15) is 0 Å². The molecule has 0 bridgehead atoms. The lowest BCUT2D eigenvalue weighted by molar-refractivity contribution is -0.140. The molecule has 3 aliphatic rings. The van der Waals surface area contributed by atoms with E-state index in [0.717, 1.165) is 11.3 Å². The minimum atomic E-state index is -0.756. The number of rotatable bonds is 7. The Bertz CT molecular complexity index is 1160. The molecule has 3 aliphatic heterocycles. The largest absolute Gasteiger partial charge is 0.454 e. The molecule has 2 fully saturated rings. The highest BCUT2D eigenvalue weighted by Crippen LogP contribution is 2.39. The normalized spacial score (nSPS) is 18.1. The van der Waals surface area contributed by atoms with Gasteiger partial charge in [-0.3, -0.25) is 14.4 Å². The fraction of sp³-hybridized carbons (Fsp3) is 0.464. The first-order valence-corrected chi connectivity index (χ1v) is 12.9.